The van der Waals surface area contributed by atoms with E-state index in [1.54, 1.807) is 16.9 Å². The van der Waals surface area contributed by atoms with Crippen LogP contribution in [0.25, 0.3) is 11.0 Å². The Morgan fingerprint density at radius 2 is 1.82 bits per heavy atom. The van der Waals surface area contributed by atoms with E-state index in [0.29, 0.717) is 22.8 Å². The molecule has 0 unspecified atom stereocenters. The van der Waals surface area contributed by atoms with Crippen LogP contribution >= 0.6 is 0 Å². The molecule has 9 heteroatoms. The largest absolute Gasteiger partial charge is 0.368 e. The van der Waals surface area contributed by atoms with Crippen LogP contribution in [0.5, 0.6) is 0 Å². The average Bonchev–Trinajstić information content (AvgIpc) is 3.07. The molecule has 174 valence electrons. The van der Waals surface area contributed by atoms with Crippen molar-refractivity contribution in [2.75, 3.05) is 43.4 Å². The van der Waals surface area contributed by atoms with Crippen LogP contribution in [0.4, 0.5) is 16.2 Å². The van der Waals surface area contributed by atoms with Gasteiger partial charge in [-0.1, -0.05) is 26.0 Å². The molecule has 0 saturated carbocycles. The zero-order chi connectivity index (χ0) is 23.7. The summed E-state index contributed by atoms with van der Waals surface area (Å²) in [5.74, 6) is -0.151. The lowest BCUT2D eigenvalue weighted by molar-refractivity contribution is 0.0967. The molecular formula is C24H31N7O2. The van der Waals surface area contributed by atoms with Crippen LogP contribution in [0, 0.1) is 6.92 Å². The minimum Gasteiger partial charge on any atom is -0.368 e. The van der Waals surface area contributed by atoms with Crippen molar-refractivity contribution in [3.8, 4) is 0 Å². The SMILES string of the molecule is Cc1nn(C)c2ncc(C(=O)NC(=O)Nc3cccc(C(C)C)c3)c(N3CCN(C)CC3)c12. The fraction of sp³-hybridized carbons (Fsp3) is 0.417. The zero-order valence-corrected chi connectivity index (χ0v) is 19.8. The van der Waals surface area contributed by atoms with Crippen molar-refractivity contribution in [2.45, 2.75) is 26.7 Å². The van der Waals surface area contributed by atoms with Crippen LogP contribution < -0.4 is 15.5 Å². The van der Waals surface area contributed by atoms with E-state index < -0.39 is 11.9 Å². The maximum absolute atomic E-state index is 13.2. The number of amides is 3. The number of benzene rings is 1. The van der Waals surface area contributed by atoms with Gasteiger partial charge in [-0.3, -0.25) is 14.8 Å². The Balaban J connectivity index is 1.62. The van der Waals surface area contributed by atoms with Crippen LogP contribution in [0.3, 0.4) is 0 Å². The van der Waals surface area contributed by atoms with Gasteiger partial charge in [-0.25, -0.2) is 9.78 Å². The number of carbonyl (C=O) groups is 2. The van der Waals surface area contributed by atoms with E-state index in [1.165, 1.54) is 0 Å². The van der Waals surface area contributed by atoms with Gasteiger partial charge < -0.3 is 15.1 Å². The van der Waals surface area contributed by atoms with E-state index in [0.717, 1.165) is 48.5 Å². The average molecular weight is 450 g/mol. The first-order valence-electron chi connectivity index (χ1n) is 11.2. The van der Waals surface area contributed by atoms with E-state index >= 15 is 0 Å². The molecule has 1 fully saturated rings. The number of urea groups is 1. The highest BCUT2D eigenvalue weighted by Crippen LogP contribution is 2.32. The number of pyridine rings is 1. The summed E-state index contributed by atoms with van der Waals surface area (Å²) in [6.07, 6.45) is 1.54. The molecule has 1 saturated heterocycles. The number of aromatic nitrogens is 3. The Morgan fingerprint density at radius 3 is 2.52 bits per heavy atom. The van der Waals surface area contributed by atoms with Crippen molar-refractivity contribution < 1.29 is 9.59 Å². The van der Waals surface area contributed by atoms with Gasteiger partial charge >= 0.3 is 6.03 Å². The molecular weight excluding hydrogens is 418 g/mol. The molecule has 1 aliphatic heterocycles. The van der Waals surface area contributed by atoms with Gasteiger partial charge in [0.15, 0.2) is 5.65 Å². The number of carbonyl (C=O) groups excluding carboxylic acids is 2. The van der Waals surface area contributed by atoms with E-state index in [2.05, 4.69) is 51.4 Å². The molecule has 3 heterocycles. The highest BCUT2D eigenvalue weighted by molar-refractivity contribution is 6.13. The molecule has 9 nitrogen and oxygen atoms in total. The minimum absolute atomic E-state index is 0.336. The lowest BCUT2D eigenvalue weighted by atomic mass is 10.0. The molecule has 3 amide bonds. The van der Waals surface area contributed by atoms with Crippen LogP contribution in [0.1, 0.15) is 41.4 Å². The van der Waals surface area contributed by atoms with Crippen molar-refractivity contribution in [2.24, 2.45) is 7.05 Å². The second kappa shape index (κ2) is 9.19. The molecule has 0 radical (unpaired) electrons. The van der Waals surface area contributed by atoms with Crippen molar-refractivity contribution in [3.05, 3.63) is 47.3 Å². The Bertz CT molecular complexity index is 1190. The maximum atomic E-state index is 13.2. The Kier molecular flexibility index (Phi) is 6.33. The summed E-state index contributed by atoms with van der Waals surface area (Å²) < 4.78 is 1.72. The van der Waals surface area contributed by atoms with Gasteiger partial charge in [-0.05, 0) is 37.6 Å². The van der Waals surface area contributed by atoms with Gasteiger partial charge in [-0.15, -0.1) is 0 Å². The van der Waals surface area contributed by atoms with Crippen LogP contribution in [0.2, 0.25) is 0 Å². The Morgan fingerprint density at radius 1 is 1.09 bits per heavy atom. The Hall–Kier alpha value is -3.46. The van der Waals surface area contributed by atoms with Gasteiger partial charge in [0.2, 0.25) is 0 Å². The number of rotatable bonds is 4. The van der Waals surface area contributed by atoms with Crippen LogP contribution in [0.15, 0.2) is 30.5 Å². The fourth-order valence-electron chi connectivity index (χ4n) is 4.23. The summed E-state index contributed by atoms with van der Waals surface area (Å²) in [5, 5.41) is 10.6. The number of nitrogens with zero attached hydrogens (tertiary/aromatic N) is 5. The van der Waals surface area contributed by atoms with Crippen molar-refractivity contribution >= 4 is 34.3 Å². The minimum atomic E-state index is -0.576. The third-order valence-corrected chi connectivity index (χ3v) is 6.10. The standard InChI is InChI=1S/C24H31N7O2/c1-15(2)17-7-6-8-18(13-17)26-24(33)27-23(32)19-14-25-22-20(16(3)28-30(22)5)21(19)31-11-9-29(4)10-12-31/h6-8,13-15H,9-12H2,1-5H3,(H2,26,27,32,33). The molecule has 3 aromatic rings. The number of fused-ring (bicyclic) bond motifs is 1. The Labute approximate surface area is 193 Å². The first-order valence-corrected chi connectivity index (χ1v) is 11.2. The number of aryl methyl sites for hydroxylation is 2. The lowest BCUT2D eigenvalue weighted by Crippen LogP contribution is -2.45. The summed E-state index contributed by atoms with van der Waals surface area (Å²) in [6, 6.07) is 7.04. The van der Waals surface area contributed by atoms with E-state index in [1.807, 2.05) is 32.2 Å². The smallest absolute Gasteiger partial charge is 0.326 e. The number of hydrogen-bond donors (Lipinski definition) is 2. The van der Waals surface area contributed by atoms with Gasteiger partial charge in [0.25, 0.3) is 5.91 Å². The molecule has 1 aromatic carbocycles. The molecule has 1 aliphatic rings. The summed E-state index contributed by atoms with van der Waals surface area (Å²) in [5.41, 5.74) is 4.42. The number of nitrogens with one attached hydrogen (secondary N) is 2. The molecule has 0 spiro atoms. The molecule has 0 atom stereocenters. The quantitative estimate of drug-likeness (QED) is 0.636. The van der Waals surface area contributed by atoms with Crippen LogP contribution in [-0.4, -0.2) is 64.8 Å². The first kappa shape index (κ1) is 22.7. The summed E-state index contributed by atoms with van der Waals surface area (Å²) in [4.78, 5) is 34.8. The number of likely N-dealkylation sites (N-methyl/N-ethyl adjacent to an activating group) is 1. The molecule has 33 heavy (non-hydrogen) atoms. The van der Waals surface area contributed by atoms with E-state index in [9.17, 15) is 9.59 Å². The number of hydrogen-bond acceptors (Lipinski definition) is 6. The monoisotopic (exact) mass is 449 g/mol. The van der Waals surface area contributed by atoms with Crippen molar-refractivity contribution in [3.63, 3.8) is 0 Å². The molecule has 4 rings (SSSR count). The summed E-state index contributed by atoms with van der Waals surface area (Å²) in [6.45, 7) is 9.42. The van der Waals surface area contributed by atoms with Crippen molar-refractivity contribution in [1.82, 2.24) is 25.0 Å². The summed E-state index contributed by atoms with van der Waals surface area (Å²) >= 11 is 0. The fourth-order valence-corrected chi connectivity index (χ4v) is 4.23. The van der Waals surface area contributed by atoms with Gasteiger partial charge in [0.05, 0.1) is 22.3 Å². The van der Waals surface area contributed by atoms with Crippen LogP contribution in [-0.2, 0) is 7.05 Å². The lowest BCUT2D eigenvalue weighted by Gasteiger charge is -2.35. The van der Waals surface area contributed by atoms with Gasteiger partial charge in [-0.2, -0.15) is 5.10 Å². The zero-order valence-electron chi connectivity index (χ0n) is 19.8. The van der Waals surface area contributed by atoms with E-state index in [-0.39, 0.29) is 0 Å². The topological polar surface area (TPSA) is 95.4 Å². The second-order valence-corrected chi connectivity index (χ2v) is 8.91. The molecule has 0 aliphatic carbocycles. The van der Waals surface area contributed by atoms with Crippen molar-refractivity contribution in [1.29, 1.82) is 0 Å². The third kappa shape index (κ3) is 4.68. The summed E-state index contributed by atoms with van der Waals surface area (Å²) in [7, 11) is 3.93. The highest BCUT2D eigenvalue weighted by Gasteiger charge is 2.26. The second-order valence-electron chi connectivity index (χ2n) is 8.91. The predicted molar refractivity (Wildman–Crippen MR) is 130 cm³/mol. The third-order valence-electron chi connectivity index (χ3n) is 6.10. The molecule has 0 bridgehead atoms. The predicted octanol–water partition coefficient (Wildman–Crippen LogP) is 3.11. The molecule has 2 N–H and O–H groups in total. The molecule has 2 aromatic heterocycles. The maximum Gasteiger partial charge on any atom is 0.326 e. The number of anilines is 2. The van der Waals surface area contributed by atoms with Gasteiger partial charge in [0.1, 0.15) is 0 Å². The number of imide groups is 1. The normalized spacial score (nSPS) is 14.7. The first-order chi connectivity index (χ1) is 15.7. The van der Waals surface area contributed by atoms with E-state index in [4.69, 9.17) is 0 Å². The van der Waals surface area contributed by atoms with Gasteiger partial charge in [0, 0.05) is 45.1 Å². The number of piperazine rings is 1. The highest BCUT2D eigenvalue weighted by atomic mass is 16.2.